The van der Waals surface area contributed by atoms with Crippen LogP contribution in [0.3, 0.4) is 0 Å². The minimum Gasteiger partial charge on any atom is -0.453 e. The zero-order valence-electron chi connectivity index (χ0n) is 24.5. The summed E-state index contributed by atoms with van der Waals surface area (Å²) in [7, 11) is 0. The first-order valence-electron chi connectivity index (χ1n) is 15.0. The molecule has 0 aliphatic carbocycles. The number of carbonyl (C=O) groups excluding carboxylic acids is 2. The van der Waals surface area contributed by atoms with Crippen LogP contribution in [0, 0.1) is 12.7 Å². The summed E-state index contributed by atoms with van der Waals surface area (Å²) in [4.78, 5) is 29.9. The highest BCUT2D eigenvalue weighted by Gasteiger charge is 2.36. The maximum absolute atomic E-state index is 14.9. The van der Waals surface area contributed by atoms with Gasteiger partial charge in [-0.15, -0.1) is 0 Å². The summed E-state index contributed by atoms with van der Waals surface area (Å²) in [6.07, 6.45) is 3.85. The molecule has 0 aromatic heterocycles. The van der Waals surface area contributed by atoms with E-state index in [2.05, 4.69) is 55.3 Å². The lowest BCUT2D eigenvalue weighted by atomic mass is 9.93. The Balaban J connectivity index is 1.27. The molecule has 0 bridgehead atoms. The van der Waals surface area contributed by atoms with E-state index in [9.17, 15) is 14.0 Å². The van der Waals surface area contributed by atoms with Gasteiger partial charge in [0.05, 0.1) is 6.54 Å². The van der Waals surface area contributed by atoms with Crippen LogP contribution in [0.4, 0.5) is 15.8 Å². The summed E-state index contributed by atoms with van der Waals surface area (Å²) in [5.41, 5.74) is 7.19. The number of nitrogens with zero attached hydrogens (tertiary/aromatic N) is 2. The minimum absolute atomic E-state index is 0.00316. The van der Waals surface area contributed by atoms with Gasteiger partial charge < -0.3 is 19.7 Å². The van der Waals surface area contributed by atoms with Crippen molar-refractivity contribution in [3.8, 4) is 11.5 Å². The summed E-state index contributed by atoms with van der Waals surface area (Å²) >= 11 is 0. The fraction of sp³-hybridized carbons (Fsp3) is 0.412. The monoisotopic (exact) mass is 571 g/mol. The number of hydrogen-bond acceptors (Lipinski definition) is 5. The molecule has 1 N–H and O–H groups in total. The normalized spacial score (nSPS) is 20.0. The van der Waals surface area contributed by atoms with Gasteiger partial charge in [-0.2, -0.15) is 0 Å². The summed E-state index contributed by atoms with van der Waals surface area (Å²) < 4.78 is 25.6. The van der Waals surface area contributed by atoms with E-state index >= 15 is 0 Å². The molecular weight excluding hydrogens is 533 g/mol. The maximum Gasteiger partial charge on any atom is 0.238 e. The van der Waals surface area contributed by atoms with Crippen molar-refractivity contribution in [1.82, 2.24) is 4.90 Å². The molecule has 2 amide bonds. The van der Waals surface area contributed by atoms with Gasteiger partial charge in [-0.3, -0.25) is 14.5 Å². The van der Waals surface area contributed by atoms with Crippen LogP contribution in [-0.2, 0) is 22.4 Å². The van der Waals surface area contributed by atoms with Crippen molar-refractivity contribution in [1.29, 1.82) is 0 Å². The number of halogens is 1. The molecule has 8 heteroatoms. The highest BCUT2D eigenvalue weighted by Crippen LogP contribution is 2.44. The Labute approximate surface area is 246 Å². The molecule has 0 radical (unpaired) electrons. The first-order chi connectivity index (χ1) is 20.3. The first kappa shape index (κ1) is 28.2. The number of hydrogen-bond donors (Lipinski definition) is 1. The molecule has 220 valence electrons. The van der Waals surface area contributed by atoms with Crippen molar-refractivity contribution in [2.45, 2.75) is 64.8 Å². The van der Waals surface area contributed by atoms with Gasteiger partial charge in [0.25, 0.3) is 0 Å². The van der Waals surface area contributed by atoms with Gasteiger partial charge in [-0.1, -0.05) is 43.7 Å². The smallest absolute Gasteiger partial charge is 0.238 e. The Kier molecular flexibility index (Phi) is 7.90. The number of rotatable bonds is 8. The molecule has 3 heterocycles. The van der Waals surface area contributed by atoms with Crippen molar-refractivity contribution >= 4 is 23.2 Å². The standard InChI is InChI=1S/C34H38FN3O4/c1-4-22-13-21(3)14-23(5-2)33(22)36-31(39)19-37-18-26(25-15-28(35)34-30(17-25)41-20-42-34)16-29(37)24-8-10-27(11-9-24)38-12-6-7-32(38)40/h8-11,13-15,17,26,29H,4-7,12,16,18-20H2,1-3H3,(H,36,39)/t26-,29-/m1/s1. The summed E-state index contributed by atoms with van der Waals surface area (Å²) in [6, 6.07) is 15.8. The molecule has 6 rings (SSSR count). The Morgan fingerprint density at radius 1 is 1.02 bits per heavy atom. The van der Waals surface area contributed by atoms with E-state index in [0.29, 0.717) is 18.7 Å². The molecule has 3 aromatic rings. The lowest BCUT2D eigenvalue weighted by Crippen LogP contribution is -2.33. The van der Waals surface area contributed by atoms with Gasteiger partial charge in [0.2, 0.25) is 24.4 Å². The molecule has 3 aromatic carbocycles. The molecular formula is C34H38FN3O4. The van der Waals surface area contributed by atoms with Crippen molar-refractivity contribution in [3.63, 3.8) is 0 Å². The van der Waals surface area contributed by atoms with E-state index in [-0.39, 0.29) is 42.9 Å². The first-order valence-corrected chi connectivity index (χ1v) is 15.0. The SMILES string of the molecule is CCc1cc(C)cc(CC)c1NC(=O)CN1C[C@H](c2cc(F)c3c(c2)OCO3)C[C@@H]1c1ccc(N2CCCC2=O)cc1. The lowest BCUT2D eigenvalue weighted by molar-refractivity contribution is -0.118. The molecule has 2 saturated heterocycles. The van der Waals surface area contributed by atoms with Crippen LogP contribution in [0.1, 0.15) is 72.9 Å². The topological polar surface area (TPSA) is 71.1 Å². The molecule has 3 aliphatic rings. The van der Waals surface area contributed by atoms with Gasteiger partial charge in [0.1, 0.15) is 0 Å². The summed E-state index contributed by atoms with van der Waals surface area (Å²) in [6.45, 7) is 7.86. The molecule has 42 heavy (non-hydrogen) atoms. The van der Waals surface area contributed by atoms with Crippen molar-refractivity contribution in [2.75, 3.05) is 36.6 Å². The van der Waals surface area contributed by atoms with Crippen molar-refractivity contribution in [2.24, 2.45) is 0 Å². The molecule has 7 nitrogen and oxygen atoms in total. The number of nitrogens with one attached hydrogen (secondary N) is 1. The van der Waals surface area contributed by atoms with E-state index in [1.165, 1.54) is 11.6 Å². The zero-order chi connectivity index (χ0) is 29.4. The second kappa shape index (κ2) is 11.8. The van der Waals surface area contributed by atoms with E-state index in [1.54, 1.807) is 0 Å². The van der Waals surface area contributed by atoms with Gasteiger partial charge in [-0.05, 0) is 85.0 Å². The second-order valence-electron chi connectivity index (χ2n) is 11.6. The Morgan fingerprint density at radius 2 is 1.76 bits per heavy atom. The number of likely N-dealkylation sites (tertiary alicyclic amines) is 1. The fourth-order valence-corrected chi connectivity index (χ4v) is 6.71. The number of carbonyl (C=O) groups is 2. The molecule has 0 saturated carbocycles. The van der Waals surface area contributed by atoms with E-state index < -0.39 is 5.82 Å². The average Bonchev–Trinajstić information content (AvgIpc) is 3.74. The zero-order valence-corrected chi connectivity index (χ0v) is 24.5. The predicted molar refractivity (Wildman–Crippen MR) is 161 cm³/mol. The number of ether oxygens (including phenoxy) is 2. The maximum atomic E-state index is 14.9. The summed E-state index contributed by atoms with van der Waals surface area (Å²) in [5, 5.41) is 3.23. The average molecular weight is 572 g/mol. The molecule has 0 unspecified atom stereocenters. The van der Waals surface area contributed by atoms with E-state index in [0.717, 1.165) is 65.9 Å². The number of benzene rings is 3. The third-order valence-corrected chi connectivity index (χ3v) is 8.81. The lowest BCUT2D eigenvalue weighted by Gasteiger charge is -2.25. The van der Waals surface area contributed by atoms with Crippen molar-refractivity contribution < 1.29 is 23.5 Å². The third-order valence-electron chi connectivity index (χ3n) is 8.81. The van der Waals surface area contributed by atoms with Crippen LogP contribution in [0.2, 0.25) is 0 Å². The Morgan fingerprint density at radius 3 is 2.43 bits per heavy atom. The number of anilines is 2. The largest absolute Gasteiger partial charge is 0.453 e. The quantitative estimate of drug-likeness (QED) is 0.345. The number of aryl methyl sites for hydroxylation is 3. The highest BCUT2D eigenvalue weighted by molar-refractivity contribution is 5.95. The summed E-state index contributed by atoms with van der Waals surface area (Å²) in [5.74, 6) is 0.254. The van der Waals surface area contributed by atoms with Gasteiger partial charge in [0, 0.05) is 36.9 Å². The number of amides is 2. The van der Waals surface area contributed by atoms with Crippen LogP contribution in [0.25, 0.3) is 0 Å². The minimum atomic E-state index is -0.425. The van der Waals surface area contributed by atoms with Gasteiger partial charge in [0.15, 0.2) is 11.6 Å². The highest BCUT2D eigenvalue weighted by atomic mass is 19.1. The van der Waals surface area contributed by atoms with Crippen molar-refractivity contribution in [3.05, 3.63) is 82.2 Å². The molecule has 0 spiro atoms. The van der Waals surface area contributed by atoms with Crippen LogP contribution in [0.5, 0.6) is 11.5 Å². The van der Waals surface area contributed by atoms with E-state index in [4.69, 9.17) is 9.47 Å². The van der Waals surface area contributed by atoms with Crippen LogP contribution in [0.15, 0.2) is 48.5 Å². The Hall–Kier alpha value is -3.91. The fourth-order valence-electron chi connectivity index (χ4n) is 6.71. The Bertz CT molecular complexity index is 1480. The van der Waals surface area contributed by atoms with Crippen LogP contribution < -0.4 is 19.7 Å². The second-order valence-corrected chi connectivity index (χ2v) is 11.6. The van der Waals surface area contributed by atoms with Gasteiger partial charge in [-0.25, -0.2) is 4.39 Å². The molecule has 3 aliphatic heterocycles. The predicted octanol–water partition coefficient (Wildman–Crippen LogP) is 6.28. The molecule has 2 atom stereocenters. The van der Waals surface area contributed by atoms with Crippen LogP contribution in [-0.4, -0.2) is 43.1 Å². The van der Waals surface area contributed by atoms with Gasteiger partial charge >= 0.3 is 0 Å². The number of fused-ring (bicyclic) bond motifs is 1. The van der Waals surface area contributed by atoms with E-state index in [1.807, 2.05) is 23.1 Å². The molecule has 2 fully saturated rings. The van der Waals surface area contributed by atoms with Crippen LogP contribution >= 0.6 is 0 Å². The third kappa shape index (κ3) is 5.48.